The number of hydrogen-bond acceptors (Lipinski definition) is 4. The van der Waals surface area contributed by atoms with Crippen LogP contribution in [0.1, 0.15) is 31.7 Å². The van der Waals surface area contributed by atoms with Gasteiger partial charge in [0.2, 0.25) is 5.91 Å². The average molecular weight is 218 g/mol. The molecule has 1 aromatic rings. The van der Waals surface area contributed by atoms with Gasteiger partial charge in [-0.1, -0.05) is 24.0 Å². The van der Waals surface area contributed by atoms with Crippen molar-refractivity contribution in [3.63, 3.8) is 0 Å². The molecule has 1 heterocycles. The summed E-state index contributed by atoms with van der Waals surface area (Å²) in [5.74, 6) is 0.182. The van der Waals surface area contributed by atoms with Gasteiger partial charge >= 0.3 is 5.13 Å². The molecule has 0 aliphatic heterocycles. The van der Waals surface area contributed by atoms with E-state index in [1.165, 1.54) is 6.92 Å². The fraction of sp³-hybridized carbons (Fsp3) is 0.571. The van der Waals surface area contributed by atoms with Crippen molar-refractivity contribution in [3.8, 4) is 0 Å². The van der Waals surface area contributed by atoms with Crippen LogP contribution in [0.15, 0.2) is 0 Å². The SMILES string of the molecule is CC(=O)Nc1nnc(C(C)C)[s+]1S. The summed E-state index contributed by atoms with van der Waals surface area (Å²) < 4.78 is 0. The van der Waals surface area contributed by atoms with Gasteiger partial charge in [0.25, 0.3) is 5.01 Å². The van der Waals surface area contributed by atoms with Crippen molar-refractivity contribution in [2.24, 2.45) is 0 Å². The normalized spacial score (nSPS) is 11.9. The second-order valence-electron chi connectivity index (χ2n) is 2.96. The molecule has 1 unspecified atom stereocenters. The molecule has 0 saturated heterocycles. The first-order valence-electron chi connectivity index (χ1n) is 3.89. The summed E-state index contributed by atoms with van der Waals surface area (Å²) in [6.07, 6.45) is 0. The highest BCUT2D eigenvalue weighted by atomic mass is 33.1. The minimum absolute atomic E-state index is 0.134. The fourth-order valence-electron chi connectivity index (χ4n) is 0.834. The van der Waals surface area contributed by atoms with Crippen LogP contribution >= 0.6 is 21.2 Å². The lowest BCUT2D eigenvalue weighted by Crippen LogP contribution is -2.05. The van der Waals surface area contributed by atoms with Crippen LogP contribution in [0.5, 0.6) is 0 Å². The molecule has 13 heavy (non-hydrogen) atoms. The minimum atomic E-state index is -0.437. The molecule has 1 amide bonds. The molecule has 0 radical (unpaired) electrons. The monoisotopic (exact) mass is 218 g/mol. The molecule has 1 N–H and O–H groups in total. The highest BCUT2D eigenvalue weighted by Crippen LogP contribution is 2.38. The number of hydrogen-bond donors (Lipinski definition) is 2. The van der Waals surface area contributed by atoms with Gasteiger partial charge in [0, 0.05) is 12.8 Å². The Balaban J connectivity index is 2.92. The molecule has 1 aromatic heterocycles. The van der Waals surface area contributed by atoms with Crippen molar-refractivity contribution in [1.82, 2.24) is 10.2 Å². The number of carbonyl (C=O) groups excluding carboxylic acids is 1. The van der Waals surface area contributed by atoms with E-state index in [1.54, 1.807) is 0 Å². The Kier molecular flexibility index (Phi) is 3.27. The Hall–Kier alpha value is -0.620. The minimum Gasteiger partial charge on any atom is -0.275 e. The Bertz CT molecular complexity index is 322. The molecule has 0 aromatic carbocycles. The Morgan fingerprint density at radius 2 is 2.15 bits per heavy atom. The summed E-state index contributed by atoms with van der Waals surface area (Å²) in [5.41, 5.74) is 0. The lowest BCUT2D eigenvalue weighted by atomic mass is 10.2. The molecule has 0 bridgehead atoms. The van der Waals surface area contributed by atoms with E-state index in [-0.39, 0.29) is 5.91 Å². The summed E-state index contributed by atoms with van der Waals surface area (Å²) in [7, 11) is -0.437. The number of anilines is 1. The molecule has 72 valence electrons. The van der Waals surface area contributed by atoms with Crippen LogP contribution in [-0.4, -0.2) is 16.1 Å². The van der Waals surface area contributed by atoms with Crippen LogP contribution in [0.3, 0.4) is 0 Å². The van der Waals surface area contributed by atoms with Gasteiger partial charge in [0.1, 0.15) is 21.2 Å². The quantitative estimate of drug-likeness (QED) is 0.453. The summed E-state index contributed by atoms with van der Waals surface area (Å²) in [5, 5.41) is 11.9. The van der Waals surface area contributed by atoms with Crippen molar-refractivity contribution >= 4 is 32.2 Å². The molecule has 1 atom stereocenters. The highest BCUT2D eigenvalue weighted by Gasteiger charge is 2.25. The Morgan fingerprint density at radius 3 is 2.54 bits per heavy atom. The lowest BCUT2D eigenvalue weighted by Gasteiger charge is -1.91. The zero-order valence-corrected chi connectivity index (χ0v) is 9.45. The van der Waals surface area contributed by atoms with Crippen LogP contribution in [-0.2, 0) is 4.79 Å². The van der Waals surface area contributed by atoms with E-state index in [9.17, 15) is 4.79 Å². The molecule has 0 aliphatic rings. The second kappa shape index (κ2) is 4.06. The first-order valence-corrected chi connectivity index (χ1v) is 6.16. The highest BCUT2D eigenvalue weighted by molar-refractivity contribution is 8.34. The summed E-state index contributed by atoms with van der Waals surface area (Å²) >= 11 is 4.35. The maximum absolute atomic E-state index is 10.7. The number of amides is 1. The molecule has 1 rings (SSSR count). The number of thiol groups is 1. The third kappa shape index (κ3) is 2.41. The standard InChI is InChI=1S/C7H11N3OS2/c1-4(2)6-9-10-7(13(6)12)8-5(3)11/h4,12H,1-3H3/p+1. The summed E-state index contributed by atoms with van der Waals surface area (Å²) in [4.78, 5) is 10.7. The van der Waals surface area contributed by atoms with Gasteiger partial charge < -0.3 is 0 Å². The number of carbonyl (C=O) groups is 1. The van der Waals surface area contributed by atoms with Crippen molar-refractivity contribution in [3.05, 3.63) is 5.01 Å². The van der Waals surface area contributed by atoms with E-state index in [2.05, 4.69) is 27.2 Å². The molecule has 0 saturated carbocycles. The molecule has 6 heteroatoms. The van der Waals surface area contributed by atoms with Crippen LogP contribution in [0.2, 0.25) is 0 Å². The predicted octanol–water partition coefficient (Wildman–Crippen LogP) is 2.00. The van der Waals surface area contributed by atoms with Gasteiger partial charge in [0.05, 0.1) is 0 Å². The van der Waals surface area contributed by atoms with Gasteiger partial charge in [-0.2, -0.15) is 0 Å². The topological polar surface area (TPSA) is 54.9 Å². The maximum Gasteiger partial charge on any atom is 0.379 e. The van der Waals surface area contributed by atoms with Gasteiger partial charge in [-0.25, -0.2) is 0 Å². The Labute approximate surface area is 84.5 Å². The summed E-state index contributed by atoms with van der Waals surface area (Å²) in [6, 6.07) is 0. The van der Waals surface area contributed by atoms with Gasteiger partial charge in [-0.15, -0.1) is 0 Å². The maximum atomic E-state index is 10.7. The van der Waals surface area contributed by atoms with Crippen LogP contribution in [0, 0.1) is 0 Å². The number of rotatable bonds is 2. The largest absolute Gasteiger partial charge is 0.379 e. The zero-order chi connectivity index (χ0) is 10.0. The molecule has 0 fully saturated rings. The van der Waals surface area contributed by atoms with E-state index >= 15 is 0 Å². The average Bonchev–Trinajstić information content (AvgIpc) is 2.32. The van der Waals surface area contributed by atoms with Gasteiger partial charge in [-0.3, -0.25) is 10.1 Å². The zero-order valence-electron chi connectivity index (χ0n) is 7.74. The van der Waals surface area contributed by atoms with Crippen LogP contribution in [0.4, 0.5) is 5.13 Å². The Morgan fingerprint density at radius 1 is 1.54 bits per heavy atom. The number of nitrogens with zero attached hydrogens (tertiary/aromatic N) is 2. The first kappa shape index (κ1) is 10.5. The molecule has 0 spiro atoms. The third-order valence-electron chi connectivity index (χ3n) is 1.40. The van der Waals surface area contributed by atoms with Crippen LogP contribution in [0.25, 0.3) is 0 Å². The predicted molar refractivity (Wildman–Crippen MR) is 57.3 cm³/mol. The van der Waals surface area contributed by atoms with Gasteiger partial charge in [-0.05, 0) is 0 Å². The second-order valence-corrected chi connectivity index (χ2v) is 5.43. The molecule has 4 nitrogen and oxygen atoms in total. The smallest absolute Gasteiger partial charge is 0.275 e. The number of aromatic nitrogens is 2. The van der Waals surface area contributed by atoms with Crippen molar-refractivity contribution < 1.29 is 4.79 Å². The summed E-state index contributed by atoms with van der Waals surface area (Å²) in [6.45, 7) is 5.50. The van der Waals surface area contributed by atoms with E-state index < -0.39 is 9.50 Å². The van der Waals surface area contributed by atoms with E-state index in [0.29, 0.717) is 11.0 Å². The van der Waals surface area contributed by atoms with Crippen molar-refractivity contribution in [2.75, 3.05) is 5.32 Å². The van der Waals surface area contributed by atoms with Crippen molar-refractivity contribution in [1.29, 1.82) is 0 Å². The third-order valence-corrected chi connectivity index (χ3v) is 3.98. The molecular weight excluding hydrogens is 206 g/mol. The molecular formula is C7H12N3OS2+. The molecule has 0 aliphatic carbocycles. The van der Waals surface area contributed by atoms with E-state index in [4.69, 9.17) is 0 Å². The van der Waals surface area contributed by atoms with Crippen LogP contribution < -0.4 is 5.32 Å². The lowest BCUT2D eigenvalue weighted by molar-refractivity contribution is -0.114. The van der Waals surface area contributed by atoms with Gasteiger partial charge in [0.15, 0.2) is 0 Å². The first-order chi connectivity index (χ1) is 6.02. The van der Waals surface area contributed by atoms with E-state index in [1.807, 2.05) is 13.8 Å². The van der Waals surface area contributed by atoms with Crippen molar-refractivity contribution in [2.45, 2.75) is 26.7 Å². The number of nitrogens with one attached hydrogen (secondary N) is 1. The van der Waals surface area contributed by atoms with E-state index in [0.717, 1.165) is 5.01 Å². The fourth-order valence-corrected chi connectivity index (χ4v) is 2.94.